The van der Waals surface area contributed by atoms with Gasteiger partial charge in [0.05, 0.1) is 0 Å². The van der Waals surface area contributed by atoms with Gasteiger partial charge in [-0.25, -0.2) is 0 Å². The summed E-state index contributed by atoms with van der Waals surface area (Å²) in [4.78, 5) is 17.1. The van der Waals surface area contributed by atoms with Gasteiger partial charge in [-0.2, -0.15) is 0 Å². The Labute approximate surface area is 90.6 Å². The zero-order valence-corrected chi connectivity index (χ0v) is 8.88. The van der Waals surface area contributed by atoms with Gasteiger partial charge in [0.25, 0.3) is 0 Å². The van der Waals surface area contributed by atoms with E-state index in [0.29, 0.717) is 5.82 Å². The second kappa shape index (κ2) is 4.91. The van der Waals surface area contributed by atoms with Crippen LogP contribution in [0.2, 0.25) is 0 Å². The molecule has 0 radical (unpaired) electrons. The molecule has 1 aliphatic rings. The first kappa shape index (κ1) is 13.8. The molecule has 0 aliphatic carbocycles. The lowest BCUT2D eigenvalue weighted by Crippen LogP contribution is -2.56. The van der Waals surface area contributed by atoms with Crippen molar-refractivity contribution in [3.8, 4) is 0 Å². The maximum Gasteiger partial charge on any atom is 0.348 e. The predicted octanol–water partition coefficient (Wildman–Crippen LogP) is -2.52. The highest BCUT2D eigenvalue weighted by atomic mass is 31.2. The Kier molecular flexibility index (Phi) is 4.22. The van der Waals surface area contributed by atoms with E-state index in [2.05, 4.69) is 4.74 Å². The molecule has 0 spiro atoms. The quantitative estimate of drug-likeness (QED) is 0.296. The normalized spacial score (nSPS) is 41.5. The Morgan fingerprint density at radius 3 is 2.06 bits per heavy atom. The van der Waals surface area contributed by atoms with Gasteiger partial charge in [-0.3, -0.25) is 4.57 Å². The minimum absolute atomic E-state index is 0.484. The van der Waals surface area contributed by atoms with Crippen molar-refractivity contribution in [3.63, 3.8) is 0 Å². The van der Waals surface area contributed by atoms with Gasteiger partial charge < -0.3 is 34.9 Å². The molecule has 1 aliphatic heterocycles. The number of rotatable bonds is 2. The SMILES string of the molecule is O=P(O)(O)C=CC1OC(O)C(O)C(O)C1O. The summed E-state index contributed by atoms with van der Waals surface area (Å²) in [7, 11) is -4.41. The average molecular weight is 256 g/mol. The molecule has 16 heavy (non-hydrogen) atoms. The third-order valence-corrected chi connectivity index (χ3v) is 2.66. The Balaban J connectivity index is 2.75. The molecule has 5 unspecified atom stereocenters. The van der Waals surface area contributed by atoms with Crippen LogP contribution in [0.5, 0.6) is 0 Å². The van der Waals surface area contributed by atoms with E-state index in [1.165, 1.54) is 0 Å². The largest absolute Gasteiger partial charge is 0.387 e. The topological polar surface area (TPSA) is 148 Å². The highest BCUT2D eigenvalue weighted by molar-refractivity contribution is 7.55. The van der Waals surface area contributed by atoms with Crippen LogP contribution >= 0.6 is 7.60 Å². The lowest BCUT2D eigenvalue weighted by atomic mass is 9.99. The number of hydrogen-bond acceptors (Lipinski definition) is 6. The third-order valence-electron chi connectivity index (χ3n) is 2.10. The fraction of sp³-hybridized carbons (Fsp3) is 0.714. The first-order chi connectivity index (χ1) is 7.22. The van der Waals surface area contributed by atoms with Crippen molar-refractivity contribution in [2.45, 2.75) is 30.7 Å². The summed E-state index contributed by atoms with van der Waals surface area (Å²) >= 11 is 0. The van der Waals surface area contributed by atoms with E-state index in [1.54, 1.807) is 0 Å². The average Bonchev–Trinajstić information content (AvgIpc) is 2.17. The van der Waals surface area contributed by atoms with E-state index < -0.39 is 38.3 Å². The monoisotopic (exact) mass is 256 g/mol. The molecule has 5 atom stereocenters. The number of aliphatic hydroxyl groups is 4. The summed E-state index contributed by atoms with van der Waals surface area (Å²) in [5.41, 5.74) is 0. The second-order valence-electron chi connectivity index (χ2n) is 3.39. The predicted molar refractivity (Wildman–Crippen MR) is 50.1 cm³/mol. The number of ether oxygens (including phenoxy) is 1. The van der Waals surface area contributed by atoms with Crippen LogP contribution in [0, 0.1) is 0 Å². The molecule has 0 saturated carbocycles. The second-order valence-corrected chi connectivity index (χ2v) is 4.87. The molecule has 0 bridgehead atoms. The van der Waals surface area contributed by atoms with Crippen molar-refractivity contribution in [1.82, 2.24) is 0 Å². The molecule has 0 aromatic heterocycles. The first-order valence-corrected chi connectivity index (χ1v) is 6.03. The van der Waals surface area contributed by atoms with E-state index in [9.17, 15) is 14.8 Å². The van der Waals surface area contributed by atoms with Crippen LogP contribution < -0.4 is 0 Å². The van der Waals surface area contributed by atoms with Gasteiger partial charge in [0.2, 0.25) is 0 Å². The summed E-state index contributed by atoms with van der Waals surface area (Å²) in [5.74, 6) is 0.484. The summed E-state index contributed by atoms with van der Waals surface area (Å²) in [6, 6.07) is 0. The fourth-order valence-corrected chi connectivity index (χ4v) is 1.64. The van der Waals surface area contributed by atoms with Crippen molar-refractivity contribution >= 4 is 7.60 Å². The minimum Gasteiger partial charge on any atom is -0.387 e. The van der Waals surface area contributed by atoms with Gasteiger partial charge in [-0.1, -0.05) is 0 Å². The number of hydrogen-bond donors (Lipinski definition) is 6. The molecule has 1 rings (SSSR count). The van der Waals surface area contributed by atoms with Crippen LogP contribution in [0.3, 0.4) is 0 Å². The van der Waals surface area contributed by atoms with Crippen molar-refractivity contribution in [1.29, 1.82) is 0 Å². The zero-order chi connectivity index (χ0) is 12.5. The Morgan fingerprint density at radius 2 is 1.56 bits per heavy atom. The van der Waals surface area contributed by atoms with Gasteiger partial charge in [-0.15, -0.1) is 0 Å². The van der Waals surface area contributed by atoms with E-state index in [1.807, 2.05) is 0 Å². The van der Waals surface area contributed by atoms with Crippen molar-refractivity contribution in [2.24, 2.45) is 0 Å². The smallest absolute Gasteiger partial charge is 0.348 e. The standard InChI is InChI=1S/C7H13O8P/c8-4-3(1-2-16(12,13)14)15-7(11)6(10)5(4)9/h1-11H,(H2,12,13,14). The maximum atomic E-state index is 10.5. The fourth-order valence-electron chi connectivity index (χ4n) is 1.24. The van der Waals surface area contributed by atoms with E-state index in [-0.39, 0.29) is 0 Å². The molecule has 0 aromatic rings. The first-order valence-electron chi connectivity index (χ1n) is 4.34. The Morgan fingerprint density at radius 1 is 1.00 bits per heavy atom. The molecule has 1 heterocycles. The van der Waals surface area contributed by atoms with Crippen molar-refractivity contribution < 1.29 is 39.5 Å². The summed E-state index contributed by atoms with van der Waals surface area (Å²) in [6.45, 7) is 0. The van der Waals surface area contributed by atoms with Gasteiger partial charge >= 0.3 is 7.60 Å². The van der Waals surface area contributed by atoms with E-state index in [0.717, 1.165) is 6.08 Å². The molecule has 1 fully saturated rings. The minimum atomic E-state index is -4.41. The molecule has 9 heteroatoms. The van der Waals surface area contributed by atoms with Gasteiger partial charge in [0.1, 0.15) is 24.4 Å². The molecule has 1 saturated heterocycles. The zero-order valence-electron chi connectivity index (χ0n) is 7.99. The van der Waals surface area contributed by atoms with E-state index in [4.69, 9.17) is 20.0 Å². The molecular formula is C7H13O8P. The van der Waals surface area contributed by atoms with Gasteiger partial charge in [0, 0.05) is 5.82 Å². The highest BCUT2D eigenvalue weighted by Crippen LogP contribution is 2.36. The van der Waals surface area contributed by atoms with Crippen LogP contribution in [0.1, 0.15) is 0 Å². The lowest BCUT2D eigenvalue weighted by Gasteiger charge is -2.37. The Hall–Kier alpha value is -0.310. The molecule has 94 valence electrons. The number of aliphatic hydroxyl groups excluding tert-OH is 4. The lowest BCUT2D eigenvalue weighted by molar-refractivity contribution is -0.271. The summed E-state index contributed by atoms with van der Waals surface area (Å²) in [5, 5.41) is 36.8. The maximum absolute atomic E-state index is 10.5. The van der Waals surface area contributed by atoms with Crippen LogP contribution in [-0.2, 0) is 9.30 Å². The van der Waals surface area contributed by atoms with Crippen molar-refractivity contribution in [2.75, 3.05) is 0 Å². The van der Waals surface area contributed by atoms with Crippen LogP contribution in [-0.4, -0.2) is 60.9 Å². The summed E-state index contributed by atoms with van der Waals surface area (Å²) in [6.07, 6.45) is -7.12. The molecule has 0 aromatic carbocycles. The molecule has 8 nitrogen and oxygen atoms in total. The Bertz CT molecular complexity index is 312. The third kappa shape index (κ3) is 3.34. The molecule has 6 N–H and O–H groups in total. The van der Waals surface area contributed by atoms with Crippen molar-refractivity contribution in [3.05, 3.63) is 11.9 Å². The van der Waals surface area contributed by atoms with Crippen LogP contribution in [0.4, 0.5) is 0 Å². The molecule has 0 amide bonds. The van der Waals surface area contributed by atoms with Crippen LogP contribution in [0.15, 0.2) is 11.9 Å². The molecular weight excluding hydrogens is 243 g/mol. The van der Waals surface area contributed by atoms with Gasteiger partial charge in [0.15, 0.2) is 6.29 Å². The van der Waals surface area contributed by atoms with Crippen LogP contribution in [0.25, 0.3) is 0 Å². The highest BCUT2D eigenvalue weighted by Gasteiger charge is 2.42. The summed E-state index contributed by atoms with van der Waals surface area (Å²) < 4.78 is 15.1. The van der Waals surface area contributed by atoms with Gasteiger partial charge in [-0.05, 0) is 6.08 Å². The van der Waals surface area contributed by atoms with E-state index >= 15 is 0 Å².